The molecule has 0 aromatic heterocycles. The lowest BCUT2D eigenvalue weighted by molar-refractivity contribution is -0.157. The number of ether oxygens (including phenoxy) is 1. The van der Waals surface area contributed by atoms with Gasteiger partial charge in [0.1, 0.15) is 5.82 Å². The van der Waals surface area contributed by atoms with Gasteiger partial charge < -0.3 is 14.7 Å². The second-order valence-corrected chi connectivity index (χ2v) is 5.31. The molecule has 0 radical (unpaired) electrons. The number of carbonyl (C=O) groups excluding carboxylic acids is 1. The minimum atomic E-state index is -1.06. The van der Waals surface area contributed by atoms with E-state index in [1.54, 1.807) is 12.1 Å². The SMILES string of the molecule is O=C(O)C1COCCN1C(=O)CSc1ccc(F)cc1. The summed E-state index contributed by atoms with van der Waals surface area (Å²) in [6.45, 7) is 0.638. The zero-order chi connectivity index (χ0) is 14.5. The van der Waals surface area contributed by atoms with Crippen LogP contribution in [0, 0.1) is 5.82 Å². The Morgan fingerprint density at radius 3 is 2.75 bits per heavy atom. The number of aliphatic carboxylic acids is 1. The molecule has 20 heavy (non-hydrogen) atoms. The molecule has 0 saturated carbocycles. The molecule has 1 aromatic rings. The van der Waals surface area contributed by atoms with Gasteiger partial charge in [0.2, 0.25) is 5.91 Å². The molecule has 1 heterocycles. The van der Waals surface area contributed by atoms with Gasteiger partial charge >= 0.3 is 5.97 Å². The number of hydrogen-bond donors (Lipinski definition) is 1. The summed E-state index contributed by atoms with van der Waals surface area (Å²) < 4.78 is 17.8. The molecule has 0 spiro atoms. The topological polar surface area (TPSA) is 66.8 Å². The van der Waals surface area contributed by atoms with E-state index in [2.05, 4.69) is 0 Å². The standard InChI is InChI=1S/C13H14FNO4S/c14-9-1-3-10(4-2-9)20-8-12(16)15-5-6-19-7-11(15)13(17)18/h1-4,11H,5-8H2,(H,17,18). The summed E-state index contributed by atoms with van der Waals surface area (Å²) in [5, 5.41) is 9.05. The lowest BCUT2D eigenvalue weighted by atomic mass is 10.2. The Labute approximate surface area is 119 Å². The maximum Gasteiger partial charge on any atom is 0.328 e. The zero-order valence-corrected chi connectivity index (χ0v) is 11.4. The average Bonchev–Trinajstić information content (AvgIpc) is 2.46. The first-order valence-corrected chi connectivity index (χ1v) is 7.05. The van der Waals surface area contributed by atoms with Crippen LogP contribution in [0.4, 0.5) is 4.39 Å². The molecule has 7 heteroatoms. The minimum absolute atomic E-state index is 0.0162. The molecule has 5 nitrogen and oxygen atoms in total. The highest BCUT2D eigenvalue weighted by atomic mass is 32.2. The number of morpholine rings is 1. The molecule has 1 atom stereocenters. The van der Waals surface area contributed by atoms with Crippen LogP contribution in [0.3, 0.4) is 0 Å². The van der Waals surface area contributed by atoms with E-state index in [4.69, 9.17) is 9.84 Å². The maximum atomic E-state index is 12.8. The Balaban J connectivity index is 1.93. The smallest absolute Gasteiger partial charge is 0.328 e. The van der Waals surface area contributed by atoms with E-state index in [-0.39, 0.29) is 30.6 Å². The monoisotopic (exact) mass is 299 g/mol. The summed E-state index contributed by atoms with van der Waals surface area (Å²) >= 11 is 1.25. The van der Waals surface area contributed by atoms with Gasteiger partial charge in [0, 0.05) is 11.4 Å². The predicted molar refractivity (Wildman–Crippen MR) is 71.1 cm³/mol. The lowest BCUT2D eigenvalue weighted by Crippen LogP contribution is -2.53. The molecular weight excluding hydrogens is 285 g/mol. The molecule has 108 valence electrons. The van der Waals surface area contributed by atoms with E-state index in [1.165, 1.54) is 28.8 Å². The third-order valence-electron chi connectivity index (χ3n) is 2.91. The molecule has 1 saturated heterocycles. The fourth-order valence-electron chi connectivity index (χ4n) is 1.87. The van der Waals surface area contributed by atoms with Crippen LogP contribution in [0.1, 0.15) is 0 Å². The van der Waals surface area contributed by atoms with Gasteiger partial charge in [-0.2, -0.15) is 0 Å². The van der Waals surface area contributed by atoms with E-state index in [0.29, 0.717) is 6.61 Å². The molecule has 1 N–H and O–H groups in total. The number of benzene rings is 1. The Kier molecular flexibility index (Phi) is 4.97. The molecule has 0 aliphatic carbocycles. The fourth-order valence-corrected chi connectivity index (χ4v) is 2.65. The van der Waals surface area contributed by atoms with E-state index in [1.807, 2.05) is 0 Å². The average molecular weight is 299 g/mol. The molecule has 1 aliphatic heterocycles. The van der Waals surface area contributed by atoms with Gasteiger partial charge in [-0.25, -0.2) is 9.18 Å². The Hall–Kier alpha value is -1.60. The van der Waals surface area contributed by atoms with Crippen molar-refractivity contribution in [2.75, 3.05) is 25.5 Å². The summed E-state index contributed by atoms with van der Waals surface area (Å²) in [6.07, 6.45) is 0. The highest BCUT2D eigenvalue weighted by Crippen LogP contribution is 2.19. The first-order chi connectivity index (χ1) is 9.58. The van der Waals surface area contributed by atoms with E-state index in [0.717, 1.165) is 4.90 Å². The number of carboxylic acid groups (broad SMARTS) is 1. The van der Waals surface area contributed by atoms with Gasteiger partial charge in [0.25, 0.3) is 0 Å². The van der Waals surface area contributed by atoms with Crippen LogP contribution >= 0.6 is 11.8 Å². The molecule has 2 rings (SSSR count). The normalized spacial score (nSPS) is 18.9. The maximum absolute atomic E-state index is 12.8. The van der Waals surface area contributed by atoms with Crippen molar-refractivity contribution >= 4 is 23.6 Å². The van der Waals surface area contributed by atoms with Gasteiger partial charge in [-0.3, -0.25) is 4.79 Å². The van der Waals surface area contributed by atoms with Crippen molar-refractivity contribution in [1.29, 1.82) is 0 Å². The van der Waals surface area contributed by atoms with Crippen molar-refractivity contribution in [2.24, 2.45) is 0 Å². The van der Waals surface area contributed by atoms with Crippen molar-refractivity contribution < 1.29 is 23.8 Å². The van der Waals surface area contributed by atoms with Crippen LogP contribution in [0.2, 0.25) is 0 Å². The molecule has 1 amide bonds. The largest absolute Gasteiger partial charge is 0.480 e. The third kappa shape index (κ3) is 3.71. The number of amides is 1. The van der Waals surface area contributed by atoms with Crippen LogP contribution in [0.5, 0.6) is 0 Å². The van der Waals surface area contributed by atoms with Crippen LogP contribution in [0.15, 0.2) is 29.2 Å². The summed E-state index contributed by atoms with van der Waals surface area (Å²) in [4.78, 5) is 25.2. The number of carbonyl (C=O) groups is 2. The zero-order valence-electron chi connectivity index (χ0n) is 10.6. The van der Waals surface area contributed by atoms with Crippen LogP contribution in [0.25, 0.3) is 0 Å². The molecule has 1 aromatic carbocycles. The number of thioether (sulfide) groups is 1. The van der Waals surface area contributed by atoms with Crippen LogP contribution < -0.4 is 0 Å². The fraction of sp³-hybridized carbons (Fsp3) is 0.385. The summed E-state index contributed by atoms with van der Waals surface area (Å²) in [5.74, 6) is -1.53. The second-order valence-electron chi connectivity index (χ2n) is 4.26. The lowest BCUT2D eigenvalue weighted by Gasteiger charge is -2.32. The number of rotatable bonds is 4. The van der Waals surface area contributed by atoms with Crippen molar-refractivity contribution in [1.82, 2.24) is 4.90 Å². The molecule has 1 fully saturated rings. The summed E-state index contributed by atoms with van der Waals surface area (Å²) in [6, 6.07) is 4.89. The first kappa shape index (κ1) is 14.8. The van der Waals surface area contributed by atoms with Crippen molar-refractivity contribution in [3.05, 3.63) is 30.1 Å². The van der Waals surface area contributed by atoms with Crippen LogP contribution in [-0.4, -0.2) is 53.4 Å². The van der Waals surface area contributed by atoms with E-state index >= 15 is 0 Å². The minimum Gasteiger partial charge on any atom is -0.480 e. The number of carboxylic acids is 1. The van der Waals surface area contributed by atoms with Gasteiger partial charge in [0.15, 0.2) is 6.04 Å². The van der Waals surface area contributed by atoms with Gasteiger partial charge in [0.05, 0.1) is 19.0 Å². The third-order valence-corrected chi connectivity index (χ3v) is 3.91. The van der Waals surface area contributed by atoms with Gasteiger partial charge in [-0.1, -0.05) is 0 Å². The molecule has 0 bridgehead atoms. The van der Waals surface area contributed by atoms with Crippen molar-refractivity contribution in [3.8, 4) is 0 Å². The van der Waals surface area contributed by atoms with E-state index < -0.39 is 12.0 Å². The number of halogens is 1. The Morgan fingerprint density at radius 2 is 2.10 bits per heavy atom. The summed E-state index contributed by atoms with van der Waals surface area (Å²) in [7, 11) is 0. The van der Waals surface area contributed by atoms with Gasteiger partial charge in [-0.05, 0) is 24.3 Å². The van der Waals surface area contributed by atoms with Crippen molar-refractivity contribution in [3.63, 3.8) is 0 Å². The first-order valence-electron chi connectivity index (χ1n) is 6.06. The Morgan fingerprint density at radius 1 is 1.40 bits per heavy atom. The highest BCUT2D eigenvalue weighted by molar-refractivity contribution is 8.00. The Bertz CT molecular complexity index is 494. The molecular formula is C13H14FNO4S. The number of nitrogens with zero attached hydrogens (tertiary/aromatic N) is 1. The summed E-state index contributed by atoms with van der Waals surface area (Å²) in [5.41, 5.74) is 0. The van der Waals surface area contributed by atoms with Gasteiger partial charge in [-0.15, -0.1) is 11.8 Å². The second kappa shape index (κ2) is 6.71. The number of hydrogen-bond acceptors (Lipinski definition) is 4. The predicted octanol–water partition coefficient (Wildman–Crippen LogP) is 1.23. The highest BCUT2D eigenvalue weighted by Gasteiger charge is 2.32. The quantitative estimate of drug-likeness (QED) is 0.847. The molecule has 1 unspecified atom stereocenters. The molecule has 1 aliphatic rings. The van der Waals surface area contributed by atoms with Crippen LogP contribution in [-0.2, 0) is 14.3 Å². The van der Waals surface area contributed by atoms with E-state index in [9.17, 15) is 14.0 Å². The van der Waals surface area contributed by atoms with Crippen molar-refractivity contribution in [2.45, 2.75) is 10.9 Å².